The van der Waals surface area contributed by atoms with Gasteiger partial charge in [-0.2, -0.15) is 5.26 Å². The lowest BCUT2D eigenvalue weighted by Crippen LogP contribution is -2.25. The van der Waals surface area contributed by atoms with Crippen LogP contribution in [0.25, 0.3) is 6.08 Å². The third kappa shape index (κ3) is 5.50. The topological polar surface area (TPSA) is 62.1 Å². The van der Waals surface area contributed by atoms with Crippen LogP contribution in [0.15, 0.2) is 29.8 Å². The molecule has 2 rings (SSSR count). The van der Waals surface area contributed by atoms with E-state index in [0.717, 1.165) is 30.4 Å². The summed E-state index contributed by atoms with van der Waals surface area (Å²) in [6.45, 7) is 3.07. The Kier molecular flexibility index (Phi) is 7.51. The van der Waals surface area contributed by atoms with Gasteiger partial charge in [-0.25, -0.2) is 0 Å². The third-order valence-corrected chi connectivity index (χ3v) is 4.28. The maximum absolute atomic E-state index is 12.0. The minimum Gasteiger partial charge on any atom is -0.374 e. The molecule has 24 heavy (non-hydrogen) atoms. The zero-order valence-electron chi connectivity index (χ0n) is 14.4. The van der Waals surface area contributed by atoms with Crippen molar-refractivity contribution in [1.29, 1.82) is 5.26 Å². The first kappa shape index (κ1) is 18.2. The summed E-state index contributed by atoms with van der Waals surface area (Å²) in [6.07, 6.45) is 8.87. The first-order valence-corrected chi connectivity index (χ1v) is 8.84. The summed E-state index contributed by atoms with van der Waals surface area (Å²) in [5.74, 6) is -0.317. The number of nitrogens with zero attached hydrogens (tertiary/aromatic N) is 1. The van der Waals surface area contributed by atoms with Gasteiger partial charge in [0.15, 0.2) is 0 Å². The summed E-state index contributed by atoms with van der Waals surface area (Å²) >= 11 is 0. The summed E-state index contributed by atoms with van der Waals surface area (Å²) < 4.78 is 6.04. The molecule has 1 amide bonds. The van der Waals surface area contributed by atoms with Crippen molar-refractivity contribution in [3.8, 4) is 6.07 Å². The predicted molar refractivity (Wildman–Crippen MR) is 95.0 cm³/mol. The van der Waals surface area contributed by atoms with Gasteiger partial charge in [-0.15, -0.1) is 0 Å². The molecule has 0 aromatic heterocycles. The average molecular weight is 326 g/mol. The van der Waals surface area contributed by atoms with E-state index in [9.17, 15) is 10.1 Å². The highest BCUT2D eigenvalue weighted by Gasteiger charge is 2.15. The van der Waals surface area contributed by atoms with Crippen LogP contribution in [0.3, 0.4) is 0 Å². The van der Waals surface area contributed by atoms with Crippen LogP contribution in [-0.2, 0) is 16.1 Å². The fraction of sp³-hybridized carbons (Fsp3) is 0.500. The quantitative estimate of drug-likeness (QED) is 0.609. The Morgan fingerprint density at radius 3 is 2.79 bits per heavy atom. The number of hydrogen-bond acceptors (Lipinski definition) is 3. The molecular weight excluding hydrogens is 300 g/mol. The average Bonchev–Trinajstić information content (AvgIpc) is 2.64. The highest BCUT2D eigenvalue weighted by atomic mass is 16.5. The number of hydrogen-bond donors (Lipinski definition) is 1. The molecule has 4 heteroatoms. The molecule has 0 heterocycles. The standard InChI is InChI=1S/C20H26N2O2/c1-2-12-22-20(23)18(14-21)13-16-8-6-7-9-17(16)15-24-19-10-4-3-5-11-19/h6-9,13,19H,2-5,10-12,15H2,1H3,(H,22,23)/b18-13+. The summed E-state index contributed by atoms with van der Waals surface area (Å²) in [4.78, 5) is 12.0. The summed E-state index contributed by atoms with van der Waals surface area (Å²) in [5.41, 5.74) is 2.02. The van der Waals surface area contributed by atoms with Gasteiger partial charge in [-0.05, 0) is 36.5 Å². The third-order valence-electron chi connectivity index (χ3n) is 4.28. The molecule has 0 atom stereocenters. The van der Waals surface area contributed by atoms with Gasteiger partial charge in [-0.3, -0.25) is 4.79 Å². The van der Waals surface area contributed by atoms with Gasteiger partial charge < -0.3 is 10.1 Å². The molecule has 1 aromatic rings. The monoisotopic (exact) mass is 326 g/mol. The molecule has 0 spiro atoms. The predicted octanol–water partition coefficient (Wildman–Crippen LogP) is 3.97. The van der Waals surface area contributed by atoms with Crippen LogP contribution in [0.1, 0.15) is 56.6 Å². The smallest absolute Gasteiger partial charge is 0.261 e. The first-order chi connectivity index (χ1) is 11.7. The van der Waals surface area contributed by atoms with Gasteiger partial charge in [0.1, 0.15) is 11.6 Å². The van der Waals surface area contributed by atoms with Crippen molar-refractivity contribution < 1.29 is 9.53 Å². The van der Waals surface area contributed by atoms with E-state index in [1.165, 1.54) is 19.3 Å². The molecule has 1 fully saturated rings. The van der Waals surface area contributed by atoms with Crippen molar-refractivity contribution in [3.63, 3.8) is 0 Å². The molecular formula is C20H26N2O2. The van der Waals surface area contributed by atoms with Crippen LogP contribution >= 0.6 is 0 Å². The van der Waals surface area contributed by atoms with E-state index in [0.29, 0.717) is 19.3 Å². The second-order valence-corrected chi connectivity index (χ2v) is 6.20. The molecule has 1 aromatic carbocycles. The molecule has 0 bridgehead atoms. The number of ether oxygens (including phenoxy) is 1. The van der Waals surface area contributed by atoms with E-state index in [-0.39, 0.29) is 11.5 Å². The van der Waals surface area contributed by atoms with E-state index in [4.69, 9.17) is 4.74 Å². The van der Waals surface area contributed by atoms with E-state index in [1.54, 1.807) is 6.08 Å². The molecule has 1 aliphatic rings. The van der Waals surface area contributed by atoms with Crippen LogP contribution in [0.5, 0.6) is 0 Å². The Morgan fingerprint density at radius 2 is 2.08 bits per heavy atom. The molecule has 1 N–H and O–H groups in total. The van der Waals surface area contributed by atoms with Gasteiger partial charge >= 0.3 is 0 Å². The molecule has 0 saturated heterocycles. The van der Waals surface area contributed by atoms with Crippen molar-refractivity contribution in [2.45, 2.75) is 58.2 Å². The SMILES string of the molecule is CCCNC(=O)/C(C#N)=C/c1ccccc1COC1CCCCC1. The largest absolute Gasteiger partial charge is 0.374 e. The molecule has 1 aliphatic carbocycles. The Bertz CT molecular complexity index is 610. The highest BCUT2D eigenvalue weighted by molar-refractivity contribution is 6.01. The molecule has 4 nitrogen and oxygen atoms in total. The number of rotatable bonds is 7. The lowest BCUT2D eigenvalue weighted by Gasteiger charge is -2.22. The second kappa shape index (κ2) is 9.89. The van der Waals surface area contributed by atoms with E-state index in [1.807, 2.05) is 37.3 Å². The fourth-order valence-corrected chi connectivity index (χ4v) is 2.88. The first-order valence-electron chi connectivity index (χ1n) is 8.84. The van der Waals surface area contributed by atoms with Crippen LogP contribution in [0.2, 0.25) is 0 Å². The van der Waals surface area contributed by atoms with Gasteiger partial charge in [0, 0.05) is 6.54 Å². The summed E-state index contributed by atoms with van der Waals surface area (Å²) in [7, 11) is 0. The van der Waals surface area contributed by atoms with Gasteiger partial charge in [0.25, 0.3) is 5.91 Å². The van der Waals surface area contributed by atoms with Crippen LogP contribution in [0.4, 0.5) is 0 Å². The number of carbonyl (C=O) groups is 1. The van der Waals surface area contributed by atoms with Crippen molar-refractivity contribution in [2.75, 3.05) is 6.54 Å². The zero-order valence-corrected chi connectivity index (χ0v) is 14.4. The lowest BCUT2D eigenvalue weighted by molar-refractivity contribution is -0.117. The number of nitrogens with one attached hydrogen (secondary N) is 1. The molecule has 0 unspecified atom stereocenters. The van der Waals surface area contributed by atoms with Crippen molar-refractivity contribution in [1.82, 2.24) is 5.32 Å². The zero-order chi connectivity index (χ0) is 17.2. The van der Waals surface area contributed by atoms with Crippen LogP contribution in [-0.4, -0.2) is 18.6 Å². The highest BCUT2D eigenvalue weighted by Crippen LogP contribution is 2.22. The van der Waals surface area contributed by atoms with E-state index < -0.39 is 0 Å². The van der Waals surface area contributed by atoms with Gasteiger partial charge in [0.05, 0.1) is 12.7 Å². The number of amides is 1. The molecule has 0 radical (unpaired) electrons. The number of carbonyl (C=O) groups excluding carboxylic acids is 1. The van der Waals surface area contributed by atoms with Crippen molar-refractivity contribution >= 4 is 12.0 Å². The number of nitriles is 1. The van der Waals surface area contributed by atoms with Gasteiger partial charge in [-0.1, -0.05) is 50.5 Å². The number of benzene rings is 1. The Morgan fingerprint density at radius 1 is 1.33 bits per heavy atom. The van der Waals surface area contributed by atoms with Crippen LogP contribution < -0.4 is 5.32 Å². The second-order valence-electron chi connectivity index (χ2n) is 6.20. The van der Waals surface area contributed by atoms with Gasteiger partial charge in [0.2, 0.25) is 0 Å². The minimum absolute atomic E-state index is 0.133. The molecule has 0 aliphatic heterocycles. The fourth-order valence-electron chi connectivity index (χ4n) is 2.88. The summed E-state index contributed by atoms with van der Waals surface area (Å²) in [6, 6.07) is 9.78. The normalized spacial score (nSPS) is 15.8. The maximum Gasteiger partial charge on any atom is 0.261 e. The Hall–Kier alpha value is -2.12. The minimum atomic E-state index is -0.317. The molecule has 1 saturated carbocycles. The van der Waals surface area contributed by atoms with E-state index >= 15 is 0 Å². The van der Waals surface area contributed by atoms with Crippen molar-refractivity contribution in [3.05, 3.63) is 41.0 Å². The lowest BCUT2D eigenvalue weighted by atomic mass is 9.97. The van der Waals surface area contributed by atoms with Crippen LogP contribution in [0, 0.1) is 11.3 Å². The molecule has 128 valence electrons. The Labute approximate surface area is 144 Å². The maximum atomic E-state index is 12.0. The van der Waals surface area contributed by atoms with Crippen molar-refractivity contribution in [2.24, 2.45) is 0 Å². The van der Waals surface area contributed by atoms with E-state index in [2.05, 4.69) is 5.32 Å². The summed E-state index contributed by atoms with van der Waals surface area (Å²) in [5, 5.41) is 12.0. The Balaban J connectivity index is 2.07.